The average Bonchev–Trinajstić information content (AvgIpc) is 3.49. The number of aliphatic hydroxyl groups is 4. The van der Waals surface area contributed by atoms with E-state index in [2.05, 4.69) is 13.8 Å². The SMILES string of the molecule is C[C@@H]1CC[C@@]23COC(=O)C2=C[C@@H](O[C@@H]2O[C@H](CO)[C@@H](O)[C@H](O)[C@H]2O)C[C@@H]3[C@@]1(C)CCc1ccoc1.O. The first-order chi connectivity index (χ1) is 16.7. The highest BCUT2D eigenvalue weighted by molar-refractivity contribution is 5.93. The minimum Gasteiger partial charge on any atom is -0.472 e. The van der Waals surface area contributed by atoms with Gasteiger partial charge in [-0.15, -0.1) is 0 Å². The molecule has 6 N–H and O–H groups in total. The Morgan fingerprint density at radius 2 is 1.97 bits per heavy atom. The molecule has 0 amide bonds. The standard InChI is InChI=1S/C26H36O9.H2O/c1-14-3-7-26-13-33-23(31)17(26)9-16(34-24-22(30)21(29)20(28)18(11-27)35-24)10-19(26)25(14,2)6-4-15-5-8-32-12-15;/h5,8-9,12,14,16,18-22,24,27-30H,3-4,6-7,10-11,13H2,1-2H3;1H2/t14-,16-,18-,19-,20-,21+,22-,24-,25+,26-;/m1./s1. The maximum atomic E-state index is 12.8. The summed E-state index contributed by atoms with van der Waals surface area (Å²) >= 11 is 0. The van der Waals surface area contributed by atoms with Crippen LogP contribution in [-0.4, -0.2) is 81.9 Å². The van der Waals surface area contributed by atoms with Crippen molar-refractivity contribution in [2.45, 2.75) is 82.8 Å². The minimum absolute atomic E-state index is 0. The Kier molecular flexibility index (Phi) is 7.70. The fourth-order valence-electron chi connectivity index (χ4n) is 6.93. The second-order valence-corrected chi connectivity index (χ2v) is 11.0. The van der Waals surface area contributed by atoms with E-state index in [-0.39, 0.29) is 28.2 Å². The van der Waals surface area contributed by atoms with E-state index in [1.54, 1.807) is 18.6 Å². The van der Waals surface area contributed by atoms with Crippen LogP contribution in [0.5, 0.6) is 0 Å². The molecule has 1 aromatic heterocycles. The first-order valence-electron chi connectivity index (χ1n) is 12.6. The van der Waals surface area contributed by atoms with Crippen molar-refractivity contribution in [2.75, 3.05) is 13.2 Å². The van der Waals surface area contributed by atoms with Gasteiger partial charge in [0.15, 0.2) is 6.29 Å². The van der Waals surface area contributed by atoms with Gasteiger partial charge in [-0.2, -0.15) is 0 Å². The van der Waals surface area contributed by atoms with E-state index in [0.717, 1.165) is 31.2 Å². The van der Waals surface area contributed by atoms with E-state index in [1.165, 1.54) is 0 Å². The van der Waals surface area contributed by atoms with Crippen molar-refractivity contribution in [3.8, 4) is 0 Å². The molecule has 10 heteroatoms. The largest absolute Gasteiger partial charge is 0.472 e. The van der Waals surface area contributed by atoms with Gasteiger partial charge in [0.25, 0.3) is 0 Å². The molecule has 2 aliphatic heterocycles. The van der Waals surface area contributed by atoms with Gasteiger partial charge in [0.05, 0.1) is 25.2 Å². The molecule has 202 valence electrons. The zero-order valence-electron chi connectivity index (χ0n) is 20.7. The molecule has 0 radical (unpaired) electrons. The summed E-state index contributed by atoms with van der Waals surface area (Å²) in [6.45, 7) is 4.40. The first kappa shape index (κ1) is 27.3. The summed E-state index contributed by atoms with van der Waals surface area (Å²) in [5.41, 5.74) is 1.28. The summed E-state index contributed by atoms with van der Waals surface area (Å²) in [4.78, 5) is 12.8. The van der Waals surface area contributed by atoms with Crippen molar-refractivity contribution in [1.29, 1.82) is 0 Å². The lowest BCUT2D eigenvalue weighted by Crippen LogP contribution is -2.60. The van der Waals surface area contributed by atoms with Crippen molar-refractivity contribution in [3.05, 3.63) is 35.8 Å². The van der Waals surface area contributed by atoms with Gasteiger partial charge >= 0.3 is 5.97 Å². The maximum Gasteiger partial charge on any atom is 0.334 e. The van der Waals surface area contributed by atoms with Crippen molar-refractivity contribution in [3.63, 3.8) is 0 Å². The topological polar surface area (TPSA) is 170 Å². The van der Waals surface area contributed by atoms with E-state index < -0.39 is 43.4 Å². The normalized spacial score (nSPS) is 44.2. The molecule has 2 saturated heterocycles. The summed E-state index contributed by atoms with van der Waals surface area (Å²) in [6.07, 6.45) is 2.12. The van der Waals surface area contributed by atoms with Crippen LogP contribution in [0.25, 0.3) is 0 Å². The van der Waals surface area contributed by atoms with Crippen LogP contribution >= 0.6 is 0 Å². The molecule has 36 heavy (non-hydrogen) atoms. The lowest BCUT2D eigenvalue weighted by atomic mass is 9.46. The van der Waals surface area contributed by atoms with Gasteiger partial charge in [-0.05, 0) is 67.1 Å². The van der Waals surface area contributed by atoms with Crippen LogP contribution in [0.4, 0.5) is 0 Å². The number of carbonyl (C=O) groups is 1. The van der Waals surface area contributed by atoms with Crippen molar-refractivity contribution >= 4 is 5.97 Å². The van der Waals surface area contributed by atoms with Crippen LogP contribution < -0.4 is 0 Å². The summed E-state index contributed by atoms with van der Waals surface area (Å²) < 4.78 is 22.6. The van der Waals surface area contributed by atoms with Gasteiger partial charge in [-0.25, -0.2) is 4.79 Å². The number of ether oxygens (including phenoxy) is 3. The monoisotopic (exact) mass is 510 g/mol. The van der Waals surface area contributed by atoms with Crippen molar-refractivity contribution in [1.82, 2.24) is 0 Å². The minimum atomic E-state index is -1.52. The van der Waals surface area contributed by atoms with E-state index in [0.29, 0.717) is 24.5 Å². The second-order valence-electron chi connectivity index (χ2n) is 11.0. The number of cyclic esters (lactones) is 1. The predicted molar refractivity (Wildman–Crippen MR) is 125 cm³/mol. The Morgan fingerprint density at radius 1 is 1.19 bits per heavy atom. The van der Waals surface area contributed by atoms with Crippen LogP contribution in [-0.2, 0) is 25.4 Å². The lowest BCUT2D eigenvalue weighted by Gasteiger charge is -2.57. The van der Waals surface area contributed by atoms with Gasteiger partial charge < -0.3 is 44.5 Å². The highest BCUT2D eigenvalue weighted by atomic mass is 16.7. The molecule has 2 aliphatic carbocycles. The molecule has 1 saturated carbocycles. The van der Waals surface area contributed by atoms with Gasteiger partial charge in [-0.1, -0.05) is 13.8 Å². The number of aliphatic hydroxyl groups excluding tert-OH is 4. The Bertz CT molecular complexity index is 945. The number of hydrogen-bond acceptors (Lipinski definition) is 9. The third kappa shape index (κ3) is 4.32. The Labute approximate surface area is 210 Å². The molecule has 5 rings (SSSR count). The molecule has 1 aromatic rings. The number of esters is 1. The van der Waals surface area contributed by atoms with E-state index in [4.69, 9.17) is 18.6 Å². The molecular weight excluding hydrogens is 472 g/mol. The number of hydrogen-bond donors (Lipinski definition) is 4. The third-order valence-electron chi connectivity index (χ3n) is 9.34. The highest BCUT2D eigenvalue weighted by Crippen LogP contribution is 2.64. The number of rotatable bonds is 6. The predicted octanol–water partition coefficient (Wildman–Crippen LogP) is 0.498. The molecule has 0 aromatic carbocycles. The highest BCUT2D eigenvalue weighted by Gasteiger charge is 2.62. The van der Waals surface area contributed by atoms with E-state index in [1.807, 2.05) is 6.07 Å². The number of furan rings is 1. The Balaban J connectivity index is 0.00000304. The lowest BCUT2D eigenvalue weighted by molar-refractivity contribution is -0.310. The van der Waals surface area contributed by atoms with Gasteiger partial charge in [0, 0.05) is 11.0 Å². The van der Waals surface area contributed by atoms with Gasteiger partial charge in [0.2, 0.25) is 0 Å². The van der Waals surface area contributed by atoms with Crippen molar-refractivity contribution in [2.24, 2.45) is 22.7 Å². The molecule has 4 aliphatic rings. The second kappa shape index (κ2) is 10.2. The van der Waals surface area contributed by atoms with Gasteiger partial charge in [0.1, 0.15) is 31.0 Å². The summed E-state index contributed by atoms with van der Waals surface area (Å²) in [6, 6.07) is 1.98. The first-order valence-corrected chi connectivity index (χ1v) is 12.6. The van der Waals surface area contributed by atoms with E-state index >= 15 is 0 Å². The molecular formula is C26H38O10. The van der Waals surface area contributed by atoms with Crippen LogP contribution in [0.15, 0.2) is 34.7 Å². The number of carbonyl (C=O) groups excluding carboxylic acids is 1. The fourth-order valence-corrected chi connectivity index (χ4v) is 6.93. The summed E-state index contributed by atoms with van der Waals surface area (Å²) in [7, 11) is 0. The zero-order valence-corrected chi connectivity index (χ0v) is 20.7. The van der Waals surface area contributed by atoms with Gasteiger partial charge in [-0.3, -0.25) is 0 Å². The quantitative estimate of drug-likeness (QED) is 0.398. The van der Waals surface area contributed by atoms with E-state index in [9.17, 15) is 25.2 Å². The molecule has 3 fully saturated rings. The Hall–Kier alpha value is -1.79. The molecule has 10 nitrogen and oxygen atoms in total. The Morgan fingerprint density at radius 3 is 2.67 bits per heavy atom. The van der Waals surface area contributed by atoms with Crippen LogP contribution in [0, 0.1) is 22.7 Å². The molecule has 0 unspecified atom stereocenters. The van der Waals surface area contributed by atoms with Crippen LogP contribution in [0.1, 0.15) is 45.1 Å². The summed E-state index contributed by atoms with van der Waals surface area (Å²) in [5.74, 6) is 0.170. The van der Waals surface area contributed by atoms with Crippen molar-refractivity contribution < 1.29 is 49.3 Å². The molecule has 3 heterocycles. The smallest absolute Gasteiger partial charge is 0.334 e. The van der Waals surface area contributed by atoms with Crippen LogP contribution in [0.2, 0.25) is 0 Å². The maximum absolute atomic E-state index is 12.8. The number of aryl methyl sites for hydroxylation is 1. The fraction of sp³-hybridized carbons (Fsp3) is 0.731. The summed E-state index contributed by atoms with van der Waals surface area (Å²) in [5, 5.41) is 40.3. The average molecular weight is 511 g/mol. The van der Waals surface area contributed by atoms with Crippen LogP contribution in [0.3, 0.4) is 0 Å². The molecule has 0 bridgehead atoms. The molecule has 1 spiro atoms. The molecule has 10 atom stereocenters. The third-order valence-corrected chi connectivity index (χ3v) is 9.34. The zero-order chi connectivity index (χ0) is 25.0.